The van der Waals surface area contributed by atoms with Crippen LogP contribution in [-0.4, -0.2) is 204 Å². The van der Waals surface area contributed by atoms with Crippen molar-refractivity contribution in [2.45, 2.75) is 117 Å². The first-order valence-corrected chi connectivity index (χ1v) is 28.5. The second-order valence-corrected chi connectivity index (χ2v) is 24.1. The molecule has 3 N–H and O–H groups in total. The van der Waals surface area contributed by atoms with E-state index < -0.39 is 140 Å². The van der Waals surface area contributed by atoms with Gasteiger partial charge in [0.05, 0.1) is 64.4 Å². The van der Waals surface area contributed by atoms with Crippen molar-refractivity contribution in [3.63, 3.8) is 0 Å². The van der Waals surface area contributed by atoms with E-state index in [1.807, 2.05) is 0 Å². The molecule has 3 aromatic rings. The van der Waals surface area contributed by atoms with Gasteiger partial charge in [-0.05, 0) is 41.4 Å². The van der Waals surface area contributed by atoms with Crippen LogP contribution in [0.3, 0.4) is 0 Å². The predicted molar refractivity (Wildman–Crippen MR) is 303 cm³/mol. The molecule has 0 bridgehead atoms. The molecule has 0 unspecified atom stereocenters. The Morgan fingerprint density at radius 1 is 0.571 bits per heavy atom. The van der Waals surface area contributed by atoms with E-state index in [0.29, 0.717) is 23.1 Å². The van der Waals surface area contributed by atoms with Crippen molar-refractivity contribution in [3.8, 4) is 0 Å². The van der Waals surface area contributed by atoms with Gasteiger partial charge in [-0.25, -0.2) is 14.4 Å². The fraction of sp³-hybridized carbons (Fsp3) is 0.500. The van der Waals surface area contributed by atoms with Gasteiger partial charge in [-0.3, -0.25) is 57.9 Å². The largest absolute Gasteiger partial charge is 0.331 e. The van der Waals surface area contributed by atoms with Crippen molar-refractivity contribution in [3.05, 3.63) is 108 Å². The Balaban J connectivity index is 1.23. The van der Waals surface area contributed by atoms with Gasteiger partial charge in [0.25, 0.3) is 5.91 Å². The molecule has 5 fully saturated rings. The number of carbonyl (C=O) groups is 12. The molecule has 5 atom stereocenters. The molecule has 8 rings (SSSR count). The van der Waals surface area contributed by atoms with Crippen LogP contribution in [-0.2, 0) is 62.8 Å². The van der Waals surface area contributed by atoms with Crippen LogP contribution in [0.4, 0.5) is 14.4 Å². The zero-order valence-electron chi connectivity index (χ0n) is 48.7. The summed E-state index contributed by atoms with van der Waals surface area (Å²) in [6.07, 6.45) is -1.05. The summed E-state index contributed by atoms with van der Waals surface area (Å²) in [6.45, 7) is 8.06. The van der Waals surface area contributed by atoms with Crippen LogP contribution in [0.25, 0.3) is 0 Å². The fourth-order valence-electron chi connectivity index (χ4n) is 11.8. The number of carbonyl (C=O) groups excluding carboxylic acids is 12. The molecule has 0 radical (unpaired) electrons. The number of benzene rings is 3. The van der Waals surface area contributed by atoms with Crippen molar-refractivity contribution >= 4 is 71.8 Å². The average molecular weight is 1160 g/mol. The molecule has 84 heavy (non-hydrogen) atoms. The molecule has 0 aliphatic carbocycles. The average Bonchev–Trinajstić information content (AvgIpc) is 1.88. The number of fused-ring (bicyclic) bond motifs is 3. The van der Waals surface area contributed by atoms with Gasteiger partial charge >= 0.3 is 18.1 Å². The highest BCUT2D eigenvalue weighted by atomic mass is 16.2. The normalized spacial score (nSPS) is 24.1. The third kappa shape index (κ3) is 13.9. The lowest BCUT2D eigenvalue weighted by Gasteiger charge is -2.40. The Labute approximate surface area is 488 Å². The maximum absolute atomic E-state index is 15.6. The lowest BCUT2D eigenvalue weighted by Crippen LogP contribution is -2.63. The highest BCUT2D eigenvalue weighted by Crippen LogP contribution is 2.36. The summed E-state index contributed by atoms with van der Waals surface area (Å²) in [7, 11) is 0. The molecular formula is C60H76N12O12. The minimum absolute atomic E-state index is 0.0694. The van der Waals surface area contributed by atoms with E-state index in [1.165, 1.54) is 19.6 Å². The van der Waals surface area contributed by atoms with Gasteiger partial charge < -0.3 is 45.3 Å². The van der Waals surface area contributed by atoms with Gasteiger partial charge in [-0.2, -0.15) is 0 Å². The maximum atomic E-state index is 15.6. The monoisotopic (exact) mass is 1160 g/mol. The van der Waals surface area contributed by atoms with Crippen molar-refractivity contribution in [1.82, 2.24) is 60.0 Å². The highest BCUT2D eigenvalue weighted by Gasteiger charge is 2.61. The molecule has 15 amide bonds. The van der Waals surface area contributed by atoms with E-state index >= 15 is 28.8 Å². The quantitative estimate of drug-likeness (QED) is 0.155. The predicted octanol–water partition coefficient (Wildman–Crippen LogP) is 2.57. The van der Waals surface area contributed by atoms with Crippen LogP contribution in [0.15, 0.2) is 91.0 Å². The van der Waals surface area contributed by atoms with Crippen LogP contribution >= 0.6 is 0 Å². The first kappa shape index (κ1) is 61.4. The summed E-state index contributed by atoms with van der Waals surface area (Å²) in [5.74, 6) is -7.33. The summed E-state index contributed by atoms with van der Waals surface area (Å²) in [5.41, 5.74) is -1.41. The standard InChI is InChI=1S/C60H76N12O12/c1-39(2)26-64-33-50(76)71-36-60(55(81)69(58(84)63-60)31-44-21-15-10-16-22-44)25-47(71)54(80)65(27-40(3)4)32-49(75)70-35-59(7,62-57(83)67(38-73)29-42-17-11-8-12-18-42)24-46(70)53(79)66(28-41(5)6)34-51(77)72-37-61-56(82)68(30-43-19-13-9-14-20-43)48(74)23-45(72)52(64)78/h8-22,38-41,45-47H,23-37H2,1-7H3,(H,61,82)(H,62,83)(H,63,84)/t45-,46-,47-,59-,60-/m0/s1. The van der Waals surface area contributed by atoms with E-state index in [9.17, 15) is 28.8 Å². The molecule has 5 aliphatic rings. The number of amides is 15. The molecule has 0 aromatic heterocycles. The summed E-state index contributed by atoms with van der Waals surface area (Å²) in [4.78, 5) is 186. The van der Waals surface area contributed by atoms with E-state index in [4.69, 9.17) is 0 Å². The van der Waals surface area contributed by atoms with Gasteiger partial charge in [0, 0.05) is 39.0 Å². The minimum Gasteiger partial charge on any atom is -0.331 e. The first-order chi connectivity index (χ1) is 39.9. The first-order valence-electron chi connectivity index (χ1n) is 28.5. The maximum Gasteiger partial charge on any atom is 0.325 e. The Morgan fingerprint density at radius 3 is 1.50 bits per heavy atom. The lowest BCUT2D eigenvalue weighted by atomic mass is 9.95. The number of imide groups is 3. The van der Waals surface area contributed by atoms with E-state index in [0.717, 1.165) is 24.5 Å². The zero-order chi connectivity index (χ0) is 60.8. The second kappa shape index (κ2) is 25.8. The second-order valence-electron chi connectivity index (χ2n) is 24.1. The van der Waals surface area contributed by atoms with Crippen LogP contribution in [0, 0.1) is 17.8 Å². The van der Waals surface area contributed by atoms with E-state index in [1.54, 1.807) is 139 Å². The lowest BCUT2D eigenvalue weighted by molar-refractivity contribution is -0.156. The molecule has 24 heteroatoms. The molecule has 1 spiro atoms. The highest BCUT2D eigenvalue weighted by molar-refractivity contribution is 6.09. The Morgan fingerprint density at radius 2 is 1.01 bits per heavy atom. The molecule has 0 saturated carbocycles. The molecule has 24 nitrogen and oxygen atoms in total. The Hall–Kier alpha value is -8.70. The number of urea groups is 3. The smallest absolute Gasteiger partial charge is 0.325 e. The van der Waals surface area contributed by atoms with Gasteiger partial charge in [-0.1, -0.05) is 133 Å². The van der Waals surface area contributed by atoms with Gasteiger partial charge in [-0.15, -0.1) is 0 Å². The molecule has 3 aromatic carbocycles. The van der Waals surface area contributed by atoms with Crippen molar-refractivity contribution in [2.24, 2.45) is 17.8 Å². The third-order valence-corrected chi connectivity index (χ3v) is 15.7. The van der Waals surface area contributed by atoms with E-state index in [2.05, 4.69) is 16.0 Å². The topological polar surface area (TPSA) is 270 Å². The zero-order valence-corrected chi connectivity index (χ0v) is 48.7. The summed E-state index contributed by atoms with van der Waals surface area (Å²) >= 11 is 0. The molecule has 5 heterocycles. The Bertz CT molecular complexity index is 3020. The molecule has 448 valence electrons. The SMILES string of the molecule is CC(C)CN1CC(=O)N2C[C@]3(C[C@H]2C(=O)N(CC(C)C)CC(=O)N2C[C@@](C)(NC(=O)N(C=O)Cc4ccccc4)C[C@H]2C(=O)N(CC(C)C)CC(=O)N2CNC(=O)N(Cc4ccccc4)C(=O)C[C@H]2C1=O)NC(=O)N(Cc1ccccc1)C3=O. The Kier molecular flexibility index (Phi) is 18.9. The summed E-state index contributed by atoms with van der Waals surface area (Å²) < 4.78 is 0. The van der Waals surface area contributed by atoms with Gasteiger partial charge in [0.15, 0.2) is 0 Å². The van der Waals surface area contributed by atoms with Crippen molar-refractivity contribution in [2.75, 3.05) is 59.0 Å². The number of rotatable bonds is 14. The van der Waals surface area contributed by atoms with Crippen molar-refractivity contribution < 1.29 is 57.5 Å². The number of hydrogen-bond acceptors (Lipinski definition) is 12. The van der Waals surface area contributed by atoms with Crippen molar-refractivity contribution in [1.29, 1.82) is 0 Å². The number of hydrogen-bond donors (Lipinski definition) is 3. The third-order valence-electron chi connectivity index (χ3n) is 15.7. The molecule has 5 aliphatic heterocycles. The van der Waals surface area contributed by atoms with Crippen LogP contribution in [0.5, 0.6) is 0 Å². The van der Waals surface area contributed by atoms with Crippen LogP contribution in [0.2, 0.25) is 0 Å². The van der Waals surface area contributed by atoms with Crippen LogP contribution < -0.4 is 16.0 Å². The fourth-order valence-corrected chi connectivity index (χ4v) is 11.8. The summed E-state index contributed by atoms with van der Waals surface area (Å²) in [6, 6.07) is 19.0. The van der Waals surface area contributed by atoms with Gasteiger partial charge in [0.2, 0.25) is 47.8 Å². The molecule has 5 saturated heterocycles. The summed E-state index contributed by atoms with van der Waals surface area (Å²) in [5, 5.41) is 8.30. The van der Waals surface area contributed by atoms with Gasteiger partial charge in [0.1, 0.15) is 23.7 Å². The number of nitrogens with one attached hydrogen (secondary N) is 3. The molecular weight excluding hydrogens is 1080 g/mol. The van der Waals surface area contributed by atoms with E-state index in [-0.39, 0.29) is 70.0 Å². The van der Waals surface area contributed by atoms with Crippen LogP contribution in [0.1, 0.15) is 84.4 Å². The minimum atomic E-state index is -1.85. The number of nitrogens with zero attached hydrogens (tertiary/aromatic N) is 9.